The maximum absolute atomic E-state index is 4.75. The lowest BCUT2D eigenvalue weighted by Crippen LogP contribution is -2.26. The van der Waals surface area contributed by atoms with E-state index in [1.54, 1.807) is 0 Å². The fourth-order valence-corrected chi connectivity index (χ4v) is 5.26. The molecule has 0 saturated carbocycles. The lowest BCUT2D eigenvalue weighted by Gasteiger charge is -2.39. The highest BCUT2D eigenvalue weighted by molar-refractivity contribution is 5.94. The fraction of sp³-hybridized carbons (Fsp3) is 0.120. The number of rotatable bonds is 0. The molecule has 0 unspecified atom stereocenters. The molecule has 2 aromatic carbocycles. The van der Waals surface area contributed by atoms with E-state index in [1.807, 2.05) is 18.6 Å². The zero-order valence-electron chi connectivity index (χ0n) is 15.3. The molecule has 2 aromatic heterocycles. The number of hydrogen-bond acceptors (Lipinski definition) is 3. The van der Waals surface area contributed by atoms with Crippen LogP contribution >= 0.6 is 0 Å². The van der Waals surface area contributed by atoms with E-state index in [9.17, 15) is 0 Å². The summed E-state index contributed by atoms with van der Waals surface area (Å²) in [4.78, 5) is 11.7. The normalized spacial score (nSPS) is 14.6. The summed E-state index contributed by atoms with van der Waals surface area (Å²) >= 11 is 0. The molecule has 28 heavy (non-hydrogen) atoms. The van der Waals surface area contributed by atoms with Gasteiger partial charge in [0.15, 0.2) is 0 Å². The first-order valence-electron chi connectivity index (χ1n) is 9.81. The molecule has 4 aromatic rings. The summed E-state index contributed by atoms with van der Waals surface area (Å²) in [6, 6.07) is 17.8. The Bertz CT molecular complexity index is 1290. The lowest BCUT2D eigenvalue weighted by atomic mass is 9.87. The number of fused-ring (bicyclic) bond motifs is 8. The fourth-order valence-electron chi connectivity index (χ4n) is 5.26. The van der Waals surface area contributed by atoms with E-state index >= 15 is 0 Å². The van der Waals surface area contributed by atoms with E-state index in [-0.39, 0.29) is 0 Å². The molecular weight excluding hydrogens is 342 g/mol. The largest absolute Gasteiger partial charge is 0.306 e. The van der Waals surface area contributed by atoms with Crippen molar-refractivity contribution in [1.82, 2.24) is 9.97 Å². The van der Waals surface area contributed by atoms with Crippen LogP contribution in [0.15, 0.2) is 67.1 Å². The van der Waals surface area contributed by atoms with Gasteiger partial charge >= 0.3 is 0 Å². The molecule has 7 rings (SSSR count). The van der Waals surface area contributed by atoms with Gasteiger partial charge in [0.1, 0.15) is 0 Å². The van der Waals surface area contributed by atoms with Crippen molar-refractivity contribution in [3.05, 3.63) is 101 Å². The number of pyridine rings is 2. The van der Waals surface area contributed by atoms with Gasteiger partial charge in [0.2, 0.25) is 0 Å². The van der Waals surface area contributed by atoms with E-state index in [4.69, 9.17) is 4.98 Å². The van der Waals surface area contributed by atoms with Crippen LogP contribution in [0.2, 0.25) is 0 Å². The summed E-state index contributed by atoms with van der Waals surface area (Å²) in [5.41, 5.74) is 14.7. The van der Waals surface area contributed by atoms with Crippen LogP contribution < -0.4 is 4.90 Å². The molecule has 0 spiro atoms. The number of nitrogens with zero attached hydrogens (tertiary/aromatic N) is 3. The van der Waals surface area contributed by atoms with Crippen LogP contribution in [0.4, 0.5) is 17.1 Å². The van der Waals surface area contributed by atoms with Gasteiger partial charge in [-0.1, -0.05) is 36.4 Å². The third-order valence-electron chi connectivity index (χ3n) is 6.44. The molecule has 2 aliphatic heterocycles. The van der Waals surface area contributed by atoms with Crippen LogP contribution in [-0.2, 0) is 19.3 Å². The highest BCUT2D eigenvalue weighted by Gasteiger charge is 2.36. The van der Waals surface area contributed by atoms with Gasteiger partial charge in [-0.2, -0.15) is 0 Å². The molecule has 0 radical (unpaired) electrons. The van der Waals surface area contributed by atoms with Crippen molar-refractivity contribution >= 4 is 17.1 Å². The summed E-state index contributed by atoms with van der Waals surface area (Å²) in [6.45, 7) is 0. The van der Waals surface area contributed by atoms with E-state index < -0.39 is 0 Å². The second-order valence-electron chi connectivity index (χ2n) is 7.89. The van der Waals surface area contributed by atoms with Crippen LogP contribution in [0.25, 0.3) is 11.1 Å². The van der Waals surface area contributed by atoms with Crippen LogP contribution in [0.1, 0.15) is 33.5 Å². The quantitative estimate of drug-likeness (QED) is 0.367. The van der Waals surface area contributed by atoms with Gasteiger partial charge in [-0.25, -0.2) is 0 Å². The van der Waals surface area contributed by atoms with Gasteiger partial charge in [0.05, 0.1) is 29.0 Å². The highest BCUT2D eigenvalue weighted by atomic mass is 15.2. The molecule has 0 bridgehead atoms. The monoisotopic (exact) mass is 359 g/mol. The summed E-state index contributed by atoms with van der Waals surface area (Å²) in [6.07, 6.45) is 8.73. The van der Waals surface area contributed by atoms with Gasteiger partial charge in [-0.3, -0.25) is 9.97 Å². The smallest absolute Gasteiger partial charge is 0.0717 e. The minimum absolute atomic E-state index is 0.897. The Balaban J connectivity index is 1.56. The van der Waals surface area contributed by atoms with Crippen molar-refractivity contribution in [2.45, 2.75) is 19.3 Å². The first kappa shape index (κ1) is 14.6. The molecule has 0 saturated heterocycles. The second kappa shape index (κ2) is 5.08. The average molecular weight is 359 g/mol. The maximum atomic E-state index is 4.75. The minimum atomic E-state index is 0.897. The van der Waals surface area contributed by atoms with Crippen molar-refractivity contribution in [3.8, 4) is 11.1 Å². The molecule has 4 heterocycles. The van der Waals surface area contributed by atoms with E-state index in [1.165, 1.54) is 61.7 Å². The number of hydrogen-bond donors (Lipinski definition) is 0. The Hall–Kier alpha value is -3.46. The van der Waals surface area contributed by atoms with Crippen LogP contribution in [0.3, 0.4) is 0 Å². The topological polar surface area (TPSA) is 29.0 Å². The van der Waals surface area contributed by atoms with Crippen molar-refractivity contribution in [1.29, 1.82) is 0 Å². The zero-order valence-corrected chi connectivity index (χ0v) is 15.3. The lowest BCUT2D eigenvalue weighted by molar-refractivity contribution is 0.948. The van der Waals surface area contributed by atoms with E-state index in [0.29, 0.717) is 0 Å². The Morgan fingerprint density at radius 1 is 0.679 bits per heavy atom. The zero-order chi connectivity index (χ0) is 18.2. The predicted molar refractivity (Wildman–Crippen MR) is 111 cm³/mol. The molecule has 1 aliphatic carbocycles. The first-order chi connectivity index (χ1) is 13.9. The van der Waals surface area contributed by atoms with Crippen molar-refractivity contribution in [3.63, 3.8) is 0 Å². The Morgan fingerprint density at radius 2 is 1.57 bits per heavy atom. The summed E-state index contributed by atoms with van der Waals surface area (Å²) in [7, 11) is 0. The number of aromatic nitrogens is 2. The van der Waals surface area contributed by atoms with Gasteiger partial charge < -0.3 is 4.90 Å². The SMILES string of the molecule is c1ccc2c(c1)Cc1c-2ccc2c1N1c3cnccc3Cc3ccnc(c31)C2. The van der Waals surface area contributed by atoms with E-state index in [0.717, 1.165) is 19.3 Å². The molecule has 0 amide bonds. The molecule has 0 fully saturated rings. The molecule has 3 aliphatic rings. The number of benzene rings is 2. The first-order valence-corrected chi connectivity index (χ1v) is 9.81. The van der Waals surface area contributed by atoms with Crippen LogP contribution in [-0.4, -0.2) is 9.97 Å². The van der Waals surface area contributed by atoms with Crippen LogP contribution in [0, 0.1) is 0 Å². The third kappa shape index (κ3) is 1.74. The predicted octanol–water partition coefficient (Wildman–Crippen LogP) is 5.33. The number of anilines is 3. The Labute approximate surface area is 163 Å². The van der Waals surface area contributed by atoms with Crippen LogP contribution in [0.5, 0.6) is 0 Å². The third-order valence-corrected chi connectivity index (χ3v) is 6.44. The van der Waals surface area contributed by atoms with Gasteiger partial charge in [0.25, 0.3) is 0 Å². The second-order valence-corrected chi connectivity index (χ2v) is 7.89. The van der Waals surface area contributed by atoms with E-state index in [2.05, 4.69) is 58.4 Å². The molecule has 0 N–H and O–H groups in total. The summed E-state index contributed by atoms with van der Waals surface area (Å²) < 4.78 is 0. The van der Waals surface area contributed by atoms with Gasteiger partial charge in [-0.15, -0.1) is 0 Å². The average Bonchev–Trinajstić information content (AvgIpc) is 3.12. The van der Waals surface area contributed by atoms with Crippen molar-refractivity contribution in [2.24, 2.45) is 0 Å². The van der Waals surface area contributed by atoms with Crippen molar-refractivity contribution in [2.75, 3.05) is 4.90 Å². The highest BCUT2D eigenvalue weighted by Crippen LogP contribution is 2.53. The summed E-state index contributed by atoms with van der Waals surface area (Å²) in [5.74, 6) is 0. The van der Waals surface area contributed by atoms with Crippen molar-refractivity contribution < 1.29 is 0 Å². The minimum Gasteiger partial charge on any atom is -0.306 e. The Kier molecular flexibility index (Phi) is 2.64. The molecular formula is C25H17N3. The standard InChI is InChI=1S/C25H17N3/c1-2-4-19-15(3-1)12-21-20(19)6-5-17-13-22-25-18(8-10-27-22)11-16-7-9-26-14-23(16)28(25)24(17)21/h1-10,14H,11-13H2. The molecule has 132 valence electrons. The molecule has 0 atom stereocenters. The van der Waals surface area contributed by atoms with Gasteiger partial charge in [0, 0.05) is 31.7 Å². The van der Waals surface area contributed by atoms with Gasteiger partial charge in [-0.05, 0) is 51.1 Å². The Morgan fingerprint density at radius 3 is 2.57 bits per heavy atom. The molecule has 3 nitrogen and oxygen atoms in total. The summed E-state index contributed by atoms with van der Waals surface area (Å²) in [5, 5.41) is 0. The maximum Gasteiger partial charge on any atom is 0.0717 e. The molecule has 3 heteroatoms.